The number of aromatic nitrogens is 2. The third kappa shape index (κ3) is 2.72. The molecule has 1 N–H and O–H groups in total. The number of nitrogens with one attached hydrogen (secondary N) is 1. The van der Waals surface area contributed by atoms with E-state index in [-0.39, 0.29) is 11.9 Å². The zero-order valence-corrected chi connectivity index (χ0v) is 8.83. The molecule has 84 valence electrons. The number of benzene rings is 1. The number of nitrogens with zero attached hydrogens (tertiary/aromatic N) is 2. The van der Waals surface area contributed by atoms with Gasteiger partial charge in [-0.2, -0.15) is 0 Å². The van der Waals surface area contributed by atoms with Gasteiger partial charge in [-0.25, -0.2) is 9.97 Å². The van der Waals surface area contributed by atoms with Crippen molar-refractivity contribution in [1.29, 1.82) is 0 Å². The molecule has 2 aromatic rings. The Kier molecular flexibility index (Phi) is 3.20. The van der Waals surface area contributed by atoms with E-state index in [1.165, 1.54) is 12.4 Å². The number of hydrogen-bond donors (Lipinski definition) is 1. The number of anilines is 1. The van der Waals surface area contributed by atoms with Gasteiger partial charge in [-0.3, -0.25) is 14.9 Å². The molecule has 0 aliphatic carbocycles. The van der Waals surface area contributed by atoms with Crippen LogP contribution < -0.4 is 5.32 Å². The highest BCUT2D eigenvalue weighted by molar-refractivity contribution is 6.03. The maximum atomic E-state index is 11.7. The first kappa shape index (κ1) is 10.9. The lowest BCUT2D eigenvalue weighted by Gasteiger charge is -2.02. The van der Waals surface area contributed by atoms with Crippen LogP contribution in [0.2, 0.25) is 0 Å². The molecule has 5 nitrogen and oxygen atoms in total. The Hall–Kier alpha value is -2.56. The molecule has 0 bridgehead atoms. The molecule has 0 unspecified atom stereocenters. The van der Waals surface area contributed by atoms with Crippen molar-refractivity contribution < 1.29 is 9.59 Å². The summed E-state index contributed by atoms with van der Waals surface area (Å²) in [7, 11) is 0. The topological polar surface area (TPSA) is 72.0 Å². The molecule has 1 aromatic heterocycles. The molecule has 0 saturated heterocycles. The van der Waals surface area contributed by atoms with Gasteiger partial charge in [-0.15, -0.1) is 0 Å². The smallest absolute Gasteiger partial charge is 0.258 e. The van der Waals surface area contributed by atoms with Crippen molar-refractivity contribution in [2.45, 2.75) is 0 Å². The second-order valence-corrected chi connectivity index (χ2v) is 3.28. The molecule has 1 amide bonds. The van der Waals surface area contributed by atoms with E-state index in [1.54, 1.807) is 24.3 Å². The van der Waals surface area contributed by atoms with Crippen LogP contribution >= 0.6 is 0 Å². The molecule has 0 saturated carbocycles. The van der Waals surface area contributed by atoms with Crippen molar-refractivity contribution in [2.75, 3.05) is 5.32 Å². The average Bonchev–Trinajstić information content (AvgIpc) is 2.40. The highest BCUT2D eigenvalue weighted by atomic mass is 16.1. The lowest BCUT2D eigenvalue weighted by Crippen LogP contribution is -2.13. The first-order chi connectivity index (χ1) is 8.29. The van der Waals surface area contributed by atoms with Gasteiger partial charge in [0.25, 0.3) is 5.91 Å². The van der Waals surface area contributed by atoms with Crippen LogP contribution in [0.3, 0.4) is 0 Å². The van der Waals surface area contributed by atoms with E-state index in [1.807, 2.05) is 6.07 Å². The molecular formula is C12H9N3O2. The highest BCUT2D eigenvalue weighted by Gasteiger charge is 2.06. The molecule has 2 rings (SSSR count). The van der Waals surface area contributed by atoms with E-state index in [0.29, 0.717) is 17.4 Å². The van der Waals surface area contributed by atoms with Crippen LogP contribution in [0.25, 0.3) is 0 Å². The lowest BCUT2D eigenvalue weighted by molar-refractivity contribution is 0.102. The minimum absolute atomic E-state index is 0.171. The first-order valence-electron chi connectivity index (χ1n) is 4.93. The fourth-order valence-corrected chi connectivity index (χ4v) is 1.23. The second kappa shape index (κ2) is 4.98. The number of hydrogen-bond acceptors (Lipinski definition) is 4. The minimum Gasteiger partial charge on any atom is -0.298 e. The molecule has 0 spiro atoms. The quantitative estimate of drug-likeness (QED) is 0.807. The Morgan fingerprint density at radius 1 is 1.12 bits per heavy atom. The molecule has 5 heteroatoms. The van der Waals surface area contributed by atoms with Crippen LogP contribution in [-0.4, -0.2) is 22.2 Å². The normalized spacial score (nSPS) is 9.65. The van der Waals surface area contributed by atoms with Crippen molar-refractivity contribution in [2.24, 2.45) is 0 Å². The van der Waals surface area contributed by atoms with Crippen LogP contribution in [0, 0.1) is 0 Å². The number of rotatable bonds is 3. The summed E-state index contributed by atoms with van der Waals surface area (Å²) in [4.78, 5) is 29.8. The van der Waals surface area contributed by atoms with Crippen molar-refractivity contribution in [3.05, 3.63) is 53.9 Å². The zero-order chi connectivity index (χ0) is 12.1. The highest BCUT2D eigenvalue weighted by Crippen LogP contribution is 2.03. The molecule has 0 aliphatic rings. The summed E-state index contributed by atoms with van der Waals surface area (Å²) < 4.78 is 0. The number of carbonyl (C=O) groups is 2. The molecule has 0 aliphatic heterocycles. The summed E-state index contributed by atoms with van der Waals surface area (Å²) in [6.07, 6.45) is 3.34. The summed E-state index contributed by atoms with van der Waals surface area (Å²) >= 11 is 0. The first-order valence-corrected chi connectivity index (χ1v) is 4.93. The SMILES string of the molecule is O=Cc1cnc(NC(=O)c2ccccc2)nc1. The molecule has 0 fully saturated rings. The third-order valence-corrected chi connectivity index (χ3v) is 2.07. The summed E-state index contributed by atoms with van der Waals surface area (Å²) in [5.41, 5.74) is 0.887. The fourth-order valence-electron chi connectivity index (χ4n) is 1.23. The van der Waals surface area contributed by atoms with Crippen LogP contribution in [0.5, 0.6) is 0 Å². The molecule has 0 atom stereocenters. The summed E-state index contributed by atoms with van der Waals surface area (Å²) in [5.74, 6) is -0.117. The van der Waals surface area contributed by atoms with Crippen molar-refractivity contribution in [3.8, 4) is 0 Å². The van der Waals surface area contributed by atoms with Gasteiger partial charge in [0.15, 0.2) is 6.29 Å². The number of carbonyl (C=O) groups excluding carboxylic acids is 2. The van der Waals surface area contributed by atoms with Crippen LogP contribution in [-0.2, 0) is 0 Å². The van der Waals surface area contributed by atoms with Gasteiger partial charge in [-0.1, -0.05) is 18.2 Å². The zero-order valence-electron chi connectivity index (χ0n) is 8.83. The Morgan fingerprint density at radius 2 is 1.76 bits per heavy atom. The van der Waals surface area contributed by atoms with Crippen LogP contribution in [0.4, 0.5) is 5.95 Å². The average molecular weight is 227 g/mol. The maximum Gasteiger partial charge on any atom is 0.258 e. The van der Waals surface area contributed by atoms with E-state index in [2.05, 4.69) is 15.3 Å². The Bertz CT molecular complexity index is 523. The minimum atomic E-state index is -0.288. The Labute approximate surface area is 97.5 Å². The molecule has 0 radical (unpaired) electrons. The second-order valence-electron chi connectivity index (χ2n) is 3.28. The number of amides is 1. The van der Waals surface area contributed by atoms with Gasteiger partial charge in [-0.05, 0) is 12.1 Å². The van der Waals surface area contributed by atoms with E-state index < -0.39 is 0 Å². The van der Waals surface area contributed by atoms with Gasteiger partial charge in [0.05, 0.1) is 5.56 Å². The van der Waals surface area contributed by atoms with Gasteiger partial charge in [0.1, 0.15) is 0 Å². The van der Waals surface area contributed by atoms with Gasteiger partial charge < -0.3 is 0 Å². The van der Waals surface area contributed by atoms with E-state index in [4.69, 9.17) is 0 Å². The van der Waals surface area contributed by atoms with Crippen molar-refractivity contribution in [3.63, 3.8) is 0 Å². The van der Waals surface area contributed by atoms with Crippen LogP contribution in [0.1, 0.15) is 20.7 Å². The third-order valence-electron chi connectivity index (χ3n) is 2.07. The lowest BCUT2D eigenvalue weighted by atomic mass is 10.2. The van der Waals surface area contributed by atoms with Crippen LogP contribution in [0.15, 0.2) is 42.7 Å². The summed E-state index contributed by atoms with van der Waals surface area (Å²) in [5, 5.41) is 2.53. The van der Waals surface area contributed by atoms with E-state index in [9.17, 15) is 9.59 Å². The predicted molar refractivity (Wildman–Crippen MR) is 61.8 cm³/mol. The standard InChI is InChI=1S/C12H9N3O2/c16-8-9-6-13-12(14-7-9)15-11(17)10-4-2-1-3-5-10/h1-8H,(H,13,14,15,17). The monoisotopic (exact) mass is 227 g/mol. The largest absolute Gasteiger partial charge is 0.298 e. The Balaban J connectivity index is 2.10. The summed E-state index contributed by atoms with van der Waals surface area (Å²) in [6.45, 7) is 0. The van der Waals surface area contributed by atoms with E-state index in [0.717, 1.165) is 0 Å². The van der Waals surface area contributed by atoms with Crippen molar-refractivity contribution in [1.82, 2.24) is 9.97 Å². The van der Waals surface area contributed by atoms with Gasteiger partial charge in [0, 0.05) is 18.0 Å². The molecule has 1 heterocycles. The van der Waals surface area contributed by atoms with Gasteiger partial charge >= 0.3 is 0 Å². The van der Waals surface area contributed by atoms with Crippen molar-refractivity contribution >= 4 is 18.1 Å². The summed E-state index contributed by atoms with van der Waals surface area (Å²) in [6, 6.07) is 8.74. The molecule has 1 aromatic carbocycles. The Morgan fingerprint density at radius 3 is 2.35 bits per heavy atom. The van der Waals surface area contributed by atoms with Gasteiger partial charge in [0.2, 0.25) is 5.95 Å². The predicted octanol–water partition coefficient (Wildman–Crippen LogP) is 1.54. The van der Waals surface area contributed by atoms with E-state index >= 15 is 0 Å². The maximum absolute atomic E-state index is 11.7. The molecule has 17 heavy (non-hydrogen) atoms. The fraction of sp³-hybridized carbons (Fsp3) is 0. The molecular weight excluding hydrogens is 218 g/mol. The number of aldehydes is 1.